The van der Waals surface area contributed by atoms with Crippen molar-refractivity contribution in [2.45, 2.75) is 12.8 Å². The summed E-state index contributed by atoms with van der Waals surface area (Å²) in [6, 6.07) is 5.55. The Morgan fingerprint density at radius 1 is 1.11 bits per heavy atom. The Bertz CT molecular complexity index is 454. The minimum Gasteiger partial charge on any atom is -0.497 e. The minimum absolute atomic E-state index is 0.0688. The smallest absolute Gasteiger partial charge is 0.246 e. The van der Waals surface area contributed by atoms with Crippen LogP contribution in [-0.2, 0) is 4.79 Å². The number of methoxy groups -OCH3 is 2. The van der Waals surface area contributed by atoms with Crippen molar-refractivity contribution in [2.24, 2.45) is 0 Å². The van der Waals surface area contributed by atoms with Crippen LogP contribution in [0.3, 0.4) is 0 Å². The molecule has 1 fully saturated rings. The largest absolute Gasteiger partial charge is 0.497 e. The fourth-order valence-electron chi connectivity index (χ4n) is 2.14. The summed E-state index contributed by atoms with van der Waals surface area (Å²) in [7, 11) is 3.22. The van der Waals surface area contributed by atoms with Crippen molar-refractivity contribution in [2.75, 3.05) is 27.3 Å². The molecule has 0 N–H and O–H groups in total. The first-order chi connectivity index (χ1) is 9.22. The number of rotatable bonds is 4. The van der Waals surface area contributed by atoms with Gasteiger partial charge in [0.05, 0.1) is 14.2 Å². The number of likely N-dealkylation sites (tertiary alicyclic amines) is 1. The summed E-state index contributed by atoms with van der Waals surface area (Å²) in [6.07, 6.45) is 5.62. The van der Waals surface area contributed by atoms with E-state index in [-0.39, 0.29) is 5.91 Å². The molecule has 1 heterocycles. The number of ether oxygens (including phenoxy) is 2. The molecule has 1 saturated heterocycles. The van der Waals surface area contributed by atoms with E-state index in [0.717, 1.165) is 31.5 Å². The Morgan fingerprint density at radius 2 is 1.68 bits per heavy atom. The van der Waals surface area contributed by atoms with Gasteiger partial charge in [-0.1, -0.05) is 0 Å². The molecule has 4 nitrogen and oxygen atoms in total. The molecule has 1 amide bonds. The van der Waals surface area contributed by atoms with E-state index in [2.05, 4.69) is 0 Å². The standard InChI is InChI=1S/C15H19NO3/c1-18-13-9-12(10-14(11-13)19-2)5-6-15(17)16-7-3-4-8-16/h5-6,9-11H,3-4,7-8H2,1-2H3. The van der Waals surface area contributed by atoms with Gasteiger partial charge in [0.2, 0.25) is 5.91 Å². The van der Waals surface area contributed by atoms with E-state index < -0.39 is 0 Å². The van der Waals surface area contributed by atoms with E-state index in [9.17, 15) is 4.79 Å². The van der Waals surface area contributed by atoms with Crippen molar-refractivity contribution < 1.29 is 14.3 Å². The van der Waals surface area contributed by atoms with Gasteiger partial charge in [0.15, 0.2) is 0 Å². The number of carbonyl (C=O) groups excluding carboxylic acids is 1. The molecule has 1 aliphatic rings. The summed E-state index contributed by atoms with van der Waals surface area (Å²) in [5, 5.41) is 0. The maximum atomic E-state index is 11.9. The van der Waals surface area contributed by atoms with Crippen LogP contribution >= 0.6 is 0 Å². The van der Waals surface area contributed by atoms with Crippen molar-refractivity contribution in [3.05, 3.63) is 29.8 Å². The Hall–Kier alpha value is -1.97. The van der Waals surface area contributed by atoms with Gasteiger partial charge >= 0.3 is 0 Å². The van der Waals surface area contributed by atoms with Crippen LogP contribution in [0.1, 0.15) is 18.4 Å². The zero-order chi connectivity index (χ0) is 13.7. The molecule has 1 aromatic carbocycles. The number of amides is 1. The molecule has 19 heavy (non-hydrogen) atoms. The molecule has 0 aliphatic carbocycles. The molecule has 0 radical (unpaired) electrons. The number of hydrogen-bond acceptors (Lipinski definition) is 3. The van der Waals surface area contributed by atoms with Crippen LogP contribution in [0.15, 0.2) is 24.3 Å². The van der Waals surface area contributed by atoms with Crippen LogP contribution in [0.5, 0.6) is 11.5 Å². The van der Waals surface area contributed by atoms with Gasteiger partial charge in [-0.2, -0.15) is 0 Å². The van der Waals surface area contributed by atoms with Crippen LogP contribution < -0.4 is 9.47 Å². The van der Waals surface area contributed by atoms with Crippen LogP contribution in [0.2, 0.25) is 0 Å². The minimum atomic E-state index is 0.0688. The number of carbonyl (C=O) groups is 1. The molecule has 0 atom stereocenters. The summed E-state index contributed by atoms with van der Waals surface area (Å²) >= 11 is 0. The highest BCUT2D eigenvalue weighted by Crippen LogP contribution is 2.23. The highest BCUT2D eigenvalue weighted by Gasteiger charge is 2.15. The van der Waals surface area contributed by atoms with Crippen LogP contribution in [0.4, 0.5) is 0 Å². The average molecular weight is 261 g/mol. The Balaban J connectivity index is 2.10. The van der Waals surface area contributed by atoms with Gasteiger partial charge in [0, 0.05) is 25.2 Å². The highest BCUT2D eigenvalue weighted by atomic mass is 16.5. The summed E-state index contributed by atoms with van der Waals surface area (Å²) in [4.78, 5) is 13.8. The molecule has 0 unspecified atom stereocenters. The number of benzene rings is 1. The first-order valence-corrected chi connectivity index (χ1v) is 6.43. The normalized spacial score (nSPS) is 14.9. The average Bonchev–Trinajstić information content (AvgIpc) is 2.98. The molecule has 4 heteroatoms. The van der Waals surface area contributed by atoms with Crippen molar-refractivity contribution in [3.63, 3.8) is 0 Å². The monoisotopic (exact) mass is 261 g/mol. The Morgan fingerprint density at radius 3 is 2.21 bits per heavy atom. The van der Waals surface area contributed by atoms with Gasteiger partial charge in [-0.05, 0) is 36.6 Å². The first-order valence-electron chi connectivity index (χ1n) is 6.43. The van der Waals surface area contributed by atoms with Gasteiger partial charge in [-0.15, -0.1) is 0 Å². The summed E-state index contributed by atoms with van der Waals surface area (Å²) in [5.74, 6) is 1.50. The molecule has 0 aromatic heterocycles. The number of hydrogen-bond donors (Lipinski definition) is 0. The quantitative estimate of drug-likeness (QED) is 0.781. The predicted molar refractivity (Wildman–Crippen MR) is 74.4 cm³/mol. The van der Waals surface area contributed by atoms with Crippen LogP contribution in [0.25, 0.3) is 6.08 Å². The topological polar surface area (TPSA) is 38.8 Å². The van der Waals surface area contributed by atoms with Crippen LogP contribution in [0, 0.1) is 0 Å². The molecule has 0 spiro atoms. The van der Waals surface area contributed by atoms with Gasteiger partial charge in [0.1, 0.15) is 11.5 Å². The summed E-state index contributed by atoms with van der Waals surface area (Å²) in [5.41, 5.74) is 0.892. The molecule has 0 bridgehead atoms. The summed E-state index contributed by atoms with van der Waals surface area (Å²) < 4.78 is 10.4. The van der Waals surface area contributed by atoms with Crippen molar-refractivity contribution in [3.8, 4) is 11.5 Å². The fourth-order valence-corrected chi connectivity index (χ4v) is 2.14. The van der Waals surface area contributed by atoms with E-state index in [1.807, 2.05) is 17.0 Å². The SMILES string of the molecule is COc1cc(C=CC(=O)N2CCCC2)cc(OC)c1. The molecule has 2 rings (SSSR count). The second-order valence-electron chi connectivity index (χ2n) is 4.51. The third-order valence-corrected chi connectivity index (χ3v) is 3.21. The maximum absolute atomic E-state index is 11.9. The van der Waals surface area contributed by atoms with Crippen molar-refractivity contribution in [1.29, 1.82) is 0 Å². The number of nitrogens with zero attached hydrogens (tertiary/aromatic N) is 1. The molecule has 1 aromatic rings. The fraction of sp³-hybridized carbons (Fsp3) is 0.400. The van der Waals surface area contributed by atoms with Gasteiger partial charge in [0.25, 0.3) is 0 Å². The van der Waals surface area contributed by atoms with Crippen LogP contribution in [-0.4, -0.2) is 38.1 Å². The van der Waals surface area contributed by atoms with Crippen molar-refractivity contribution >= 4 is 12.0 Å². The van der Waals surface area contributed by atoms with Gasteiger partial charge in [-0.25, -0.2) is 0 Å². The van der Waals surface area contributed by atoms with E-state index in [1.54, 1.807) is 32.4 Å². The van der Waals surface area contributed by atoms with Crippen molar-refractivity contribution in [1.82, 2.24) is 4.90 Å². The van der Waals surface area contributed by atoms with E-state index in [1.165, 1.54) is 0 Å². The maximum Gasteiger partial charge on any atom is 0.246 e. The van der Waals surface area contributed by atoms with E-state index in [4.69, 9.17) is 9.47 Å². The molecular formula is C15H19NO3. The lowest BCUT2D eigenvalue weighted by molar-refractivity contribution is -0.124. The Labute approximate surface area is 113 Å². The molecular weight excluding hydrogens is 242 g/mol. The van der Waals surface area contributed by atoms with E-state index in [0.29, 0.717) is 11.5 Å². The van der Waals surface area contributed by atoms with Gasteiger partial charge < -0.3 is 14.4 Å². The predicted octanol–water partition coefficient (Wildman–Crippen LogP) is 2.34. The second kappa shape index (κ2) is 6.27. The first kappa shape index (κ1) is 13.5. The Kier molecular flexibility index (Phi) is 4.44. The van der Waals surface area contributed by atoms with Gasteiger partial charge in [-0.3, -0.25) is 4.79 Å². The zero-order valence-corrected chi connectivity index (χ0v) is 11.4. The lowest BCUT2D eigenvalue weighted by Gasteiger charge is -2.11. The second-order valence-corrected chi connectivity index (χ2v) is 4.51. The molecule has 102 valence electrons. The lowest BCUT2D eigenvalue weighted by Crippen LogP contribution is -2.25. The third kappa shape index (κ3) is 3.50. The molecule has 0 saturated carbocycles. The van der Waals surface area contributed by atoms with E-state index >= 15 is 0 Å². The lowest BCUT2D eigenvalue weighted by atomic mass is 10.2. The summed E-state index contributed by atoms with van der Waals surface area (Å²) in [6.45, 7) is 1.73. The zero-order valence-electron chi connectivity index (χ0n) is 11.4. The highest BCUT2D eigenvalue weighted by molar-refractivity contribution is 5.92. The third-order valence-electron chi connectivity index (χ3n) is 3.21. The molecule has 1 aliphatic heterocycles.